The molecule has 183 valence electrons. The van der Waals surface area contributed by atoms with Crippen LogP contribution in [0.4, 0.5) is 15.0 Å². The molecule has 2 amide bonds. The number of benzene rings is 2. The summed E-state index contributed by atoms with van der Waals surface area (Å²) in [5.41, 5.74) is 7.91. The first kappa shape index (κ1) is 24.9. The lowest BCUT2D eigenvalue weighted by molar-refractivity contribution is -0.119. The third-order valence-electron chi connectivity index (χ3n) is 6.29. The number of pyridine rings is 1. The number of hydrogen-bond acceptors (Lipinski definition) is 5. The standard InChI is InChI=1S/C26H27ClFN4O3/c27-25-19(8-5-9-20(25)28)16-32(13-12-23(29)33)21-10-3-4-11-22(21)35-26(34)31-24-14-17-6-1-2-7-18(17)15-30-24/h1-2,5-9,14-15,21-22,29H,3-4,10-13,16H2,(H,30,31,34)/t21-,22-/m1/s1. The Labute approximate surface area is 208 Å². The van der Waals surface area contributed by atoms with E-state index >= 15 is 0 Å². The Morgan fingerprint density at radius 1 is 1.14 bits per heavy atom. The summed E-state index contributed by atoms with van der Waals surface area (Å²) in [6.45, 7) is 0.565. The van der Waals surface area contributed by atoms with Crippen LogP contribution in [0.25, 0.3) is 10.8 Å². The van der Waals surface area contributed by atoms with Crippen molar-refractivity contribution in [2.45, 2.75) is 50.8 Å². The molecule has 1 saturated carbocycles. The molecule has 1 heterocycles. The lowest BCUT2D eigenvalue weighted by atomic mass is 9.90. The fourth-order valence-corrected chi connectivity index (χ4v) is 4.74. The maximum atomic E-state index is 14.0. The van der Waals surface area contributed by atoms with Crippen molar-refractivity contribution >= 4 is 40.2 Å². The Hall–Kier alpha value is -3.23. The number of anilines is 1. The van der Waals surface area contributed by atoms with Gasteiger partial charge in [-0.2, -0.15) is 0 Å². The van der Waals surface area contributed by atoms with Gasteiger partial charge in [0.05, 0.1) is 5.02 Å². The number of rotatable bonds is 8. The molecule has 1 fully saturated rings. The molecular formula is C26H27ClFN4O3. The molecule has 0 saturated heterocycles. The van der Waals surface area contributed by atoms with Crippen molar-refractivity contribution < 1.29 is 18.7 Å². The topological polar surface area (TPSA) is 95.3 Å². The van der Waals surface area contributed by atoms with Gasteiger partial charge in [-0.1, -0.05) is 54.4 Å². The Balaban J connectivity index is 1.49. The van der Waals surface area contributed by atoms with Crippen molar-refractivity contribution in [2.24, 2.45) is 0 Å². The van der Waals surface area contributed by atoms with Crippen LogP contribution in [0.3, 0.4) is 0 Å². The van der Waals surface area contributed by atoms with Crippen LogP contribution in [0.1, 0.15) is 37.7 Å². The van der Waals surface area contributed by atoms with Crippen LogP contribution in [0, 0.1) is 5.82 Å². The zero-order valence-corrected chi connectivity index (χ0v) is 19.9. The first-order valence-electron chi connectivity index (χ1n) is 11.6. The number of carbonyl (C=O) groups excluding carboxylic acids is 2. The molecule has 2 atom stereocenters. The molecule has 35 heavy (non-hydrogen) atoms. The number of halogens is 2. The van der Waals surface area contributed by atoms with Crippen LogP contribution in [0.2, 0.25) is 5.02 Å². The smallest absolute Gasteiger partial charge is 0.413 e. The minimum absolute atomic E-state index is 0.0172. The Morgan fingerprint density at radius 2 is 1.91 bits per heavy atom. The van der Waals surface area contributed by atoms with E-state index in [1.54, 1.807) is 24.4 Å². The third kappa shape index (κ3) is 6.46. The predicted molar refractivity (Wildman–Crippen MR) is 132 cm³/mol. The molecule has 7 nitrogen and oxygen atoms in total. The number of ether oxygens (including phenoxy) is 1. The zero-order chi connectivity index (χ0) is 24.8. The van der Waals surface area contributed by atoms with E-state index in [9.17, 15) is 14.0 Å². The highest BCUT2D eigenvalue weighted by Gasteiger charge is 2.33. The van der Waals surface area contributed by atoms with Crippen LogP contribution in [-0.2, 0) is 16.1 Å². The number of fused-ring (bicyclic) bond motifs is 1. The highest BCUT2D eigenvalue weighted by Crippen LogP contribution is 2.29. The van der Waals surface area contributed by atoms with Crippen molar-refractivity contribution in [1.29, 1.82) is 0 Å². The summed E-state index contributed by atoms with van der Waals surface area (Å²) < 4.78 is 19.8. The minimum Gasteiger partial charge on any atom is -0.444 e. The molecule has 1 aliphatic carbocycles. The summed E-state index contributed by atoms with van der Waals surface area (Å²) in [7, 11) is 0. The van der Waals surface area contributed by atoms with Crippen molar-refractivity contribution in [3.05, 3.63) is 71.1 Å². The largest absolute Gasteiger partial charge is 0.444 e. The van der Waals surface area contributed by atoms with Crippen LogP contribution < -0.4 is 11.1 Å². The van der Waals surface area contributed by atoms with E-state index in [0.29, 0.717) is 17.8 Å². The number of nitrogens with zero attached hydrogens (tertiary/aromatic N) is 2. The van der Waals surface area contributed by atoms with Gasteiger partial charge in [-0.25, -0.2) is 14.2 Å². The van der Waals surface area contributed by atoms with Crippen LogP contribution in [0.5, 0.6) is 0 Å². The summed E-state index contributed by atoms with van der Waals surface area (Å²) in [5.74, 6) is -0.808. The van der Waals surface area contributed by atoms with E-state index < -0.39 is 23.9 Å². The molecular weight excluding hydrogens is 471 g/mol. The van der Waals surface area contributed by atoms with Gasteiger partial charge in [0.25, 0.3) is 0 Å². The Kier molecular flexibility index (Phi) is 8.15. The summed E-state index contributed by atoms with van der Waals surface area (Å²) in [6, 6.07) is 13.9. The van der Waals surface area contributed by atoms with Gasteiger partial charge in [0.15, 0.2) is 0 Å². The second-order valence-corrected chi connectivity index (χ2v) is 9.07. The van der Waals surface area contributed by atoms with E-state index in [-0.39, 0.29) is 30.6 Å². The van der Waals surface area contributed by atoms with E-state index in [1.807, 2.05) is 29.2 Å². The minimum atomic E-state index is -0.686. The molecule has 1 aromatic heterocycles. The molecule has 1 aliphatic rings. The molecule has 0 bridgehead atoms. The maximum Gasteiger partial charge on any atom is 0.413 e. The average molecular weight is 498 g/mol. The van der Waals surface area contributed by atoms with Crippen molar-refractivity contribution in [1.82, 2.24) is 15.6 Å². The van der Waals surface area contributed by atoms with Gasteiger partial charge in [-0.05, 0) is 42.3 Å². The Bertz CT molecular complexity index is 1210. The number of aromatic nitrogens is 1. The quantitative estimate of drug-likeness (QED) is 0.437. The van der Waals surface area contributed by atoms with Gasteiger partial charge in [0, 0.05) is 37.1 Å². The SMILES string of the molecule is [NH]C(=O)CCN(Cc1cccc(F)c1Cl)[C@@H]1CCCC[C@H]1OC(=O)Nc1cc2ccccc2cn1. The molecule has 3 aromatic rings. The van der Waals surface area contributed by atoms with Crippen LogP contribution >= 0.6 is 11.6 Å². The number of amides is 2. The number of hydrogen-bond donors (Lipinski definition) is 1. The fraction of sp³-hybridized carbons (Fsp3) is 0.346. The van der Waals surface area contributed by atoms with Gasteiger partial charge in [-0.15, -0.1) is 0 Å². The summed E-state index contributed by atoms with van der Waals surface area (Å²) in [4.78, 5) is 30.4. The predicted octanol–water partition coefficient (Wildman–Crippen LogP) is 5.59. The molecule has 0 unspecified atom stereocenters. The van der Waals surface area contributed by atoms with Gasteiger partial charge in [0.1, 0.15) is 17.7 Å². The third-order valence-corrected chi connectivity index (χ3v) is 6.71. The van der Waals surface area contributed by atoms with Crippen LogP contribution in [0.15, 0.2) is 54.7 Å². The van der Waals surface area contributed by atoms with Crippen molar-refractivity contribution in [3.8, 4) is 0 Å². The molecule has 0 aliphatic heterocycles. The molecule has 2 aromatic carbocycles. The molecule has 2 N–H and O–H groups in total. The molecule has 9 heteroatoms. The second-order valence-electron chi connectivity index (χ2n) is 8.69. The summed E-state index contributed by atoms with van der Waals surface area (Å²) in [6.07, 6.45) is 3.90. The first-order chi connectivity index (χ1) is 16.9. The zero-order valence-electron chi connectivity index (χ0n) is 19.2. The summed E-state index contributed by atoms with van der Waals surface area (Å²) >= 11 is 6.18. The highest BCUT2D eigenvalue weighted by molar-refractivity contribution is 6.31. The highest BCUT2D eigenvalue weighted by atomic mass is 35.5. The van der Waals surface area contributed by atoms with Crippen molar-refractivity contribution in [3.63, 3.8) is 0 Å². The first-order valence-corrected chi connectivity index (χ1v) is 12.0. The molecule has 0 spiro atoms. The number of nitrogens with one attached hydrogen (secondary N) is 2. The monoisotopic (exact) mass is 497 g/mol. The van der Waals surface area contributed by atoms with Gasteiger partial charge in [0.2, 0.25) is 5.91 Å². The summed E-state index contributed by atoms with van der Waals surface area (Å²) in [5, 5.41) is 4.66. The maximum absolute atomic E-state index is 14.0. The van der Waals surface area contributed by atoms with Gasteiger partial charge in [-0.3, -0.25) is 20.7 Å². The lowest BCUT2D eigenvalue weighted by Crippen LogP contribution is -2.48. The van der Waals surface area contributed by atoms with E-state index in [2.05, 4.69) is 10.3 Å². The average Bonchev–Trinajstić information content (AvgIpc) is 2.84. The molecule has 4 rings (SSSR count). The van der Waals surface area contributed by atoms with E-state index in [0.717, 1.165) is 30.0 Å². The lowest BCUT2D eigenvalue weighted by Gasteiger charge is -2.39. The second kappa shape index (κ2) is 11.5. The van der Waals surface area contributed by atoms with Gasteiger partial charge >= 0.3 is 6.09 Å². The molecule has 1 radical (unpaired) electrons. The number of carbonyl (C=O) groups is 2. The van der Waals surface area contributed by atoms with E-state index in [1.165, 1.54) is 6.07 Å². The normalized spacial score (nSPS) is 17.9. The van der Waals surface area contributed by atoms with Crippen LogP contribution in [-0.4, -0.2) is 40.6 Å². The fourth-order valence-electron chi connectivity index (χ4n) is 4.55. The Morgan fingerprint density at radius 3 is 2.71 bits per heavy atom. The van der Waals surface area contributed by atoms with E-state index in [4.69, 9.17) is 22.1 Å². The van der Waals surface area contributed by atoms with Gasteiger partial charge < -0.3 is 4.74 Å². The van der Waals surface area contributed by atoms with Crippen molar-refractivity contribution in [2.75, 3.05) is 11.9 Å².